The zero-order valence-corrected chi connectivity index (χ0v) is 12.8. The molecule has 7 heteroatoms. The van der Waals surface area contributed by atoms with Gasteiger partial charge in [-0.15, -0.1) is 11.6 Å². The zero-order chi connectivity index (χ0) is 16.3. The lowest BCUT2D eigenvalue weighted by atomic mass is 9.90. The van der Waals surface area contributed by atoms with Crippen LogP contribution in [0, 0.1) is 5.41 Å². The summed E-state index contributed by atoms with van der Waals surface area (Å²) in [4.78, 5) is 15.3. The van der Waals surface area contributed by atoms with Crippen LogP contribution < -0.4 is 5.32 Å². The molecule has 1 unspecified atom stereocenters. The van der Waals surface area contributed by atoms with E-state index in [1.54, 1.807) is 0 Å². The van der Waals surface area contributed by atoms with E-state index >= 15 is 0 Å². The standard InChI is InChI=1S/C14H18ClF3N2O/c1-13(2,3)6-10(15)8-20-12(21)11-5-4-9(7-19-11)14(16,17)18/h4-5,7,10H,6,8H2,1-3H3,(H,20,21). The lowest BCUT2D eigenvalue weighted by molar-refractivity contribution is -0.137. The molecule has 118 valence electrons. The van der Waals surface area contributed by atoms with Gasteiger partial charge >= 0.3 is 6.18 Å². The summed E-state index contributed by atoms with van der Waals surface area (Å²) in [6.45, 7) is 6.32. The molecule has 0 radical (unpaired) electrons. The molecule has 0 bridgehead atoms. The molecule has 1 atom stereocenters. The molecule has 0 saturated heterocycles. The van der Waals surface area contributed by atoms with Gasteiger partial charge in [-0.2, -0.15) is 13.2 Å². The molecule has 1 N–H and O–H groups in total. The third-order valence-electron chi connectivity index (χ3n) is 2.64. The minimum absolute atomic E-state index is 0.0315. The summed E-state index contributed by atoms with van der Waals surface area (Å²) < 4.78 is 37.1. The van der Waals surface area contributed by atoms with Crippen molar-refractivity contribution in [3.05, 3.63) is 29.6 Å². The van der Waals surface area contributed by atoms with E-state index in [-0.39, 0.29) is 23.0 Å². The monoisotopic (exact) mass is 322 g/mol. The highest BCUT2D eigenvalue weighted by Gasteiger charge is 2.31. The number of nitrogens with zero attached hydrogens (tertiary/aromatic N) is 1. The van der Waals surface area contributed by atoms with E-state index in [4.69, 9.17) is 11.6 Å². The van der Waals surface area contributed by atoms with Crippen LogP contribution in [0.4, 0.5) is 13.2 Å². The van der Waals surface area contributed by atoms with Crippen LogP contribution in [0.1, 0.15) is 43.2 Å². The topological polar surface area (TPSA) is 42.0 Å². The maximum atomic E-state index is 12.4. The predicted molar refractivity (Wildman–Crippen MR) is 75.3 cm³/mol. The molecule has 0 aliphatic carbocycles. The largest absolute Gasteiger partial charge is 0.417 e. The first-order chi connectivity index (χ1) is 9.49. The van der Waals surface area contributed by atoms with Crippen LogP contribution in [0.3, 0.4) is 0 Å². The lowest BCUT2D eigenvalue weighted by Crippen LogP contribution is -2.32. The van der Waals surface area contributed by atoms with Crippen LogP contribution in [0.15, 0.2) is 18.3 Å². The Bertz CT molecular complexity index is 480. The van der Waals surface area contributed by atoms with Crippen LogP contribution in [-0.2, 0) is 6.18 Å². The number of carbonyl (C=O) groups is 1. The summed E-state index contributed by atoms with van der Waals surface area (Å²) in [5.74, 6) is -0.539. The Balaban J connectivity index is 2.57. The molecule has 1 aromatic heterocycles. The van der Waals surface area contributed by atoms with Crippen LogP contribution in [0.5, 0.6) is 0 Å². The van der Waals surface area contributed by atoms with Crippen molar-refractivity contribution >= 4 is 17.5 Å². The molecule has 1 heterocycles. The molecule has 0 aromatic carbocycles. The van der Waals surface area contributed by atoms with E-state index in [9.17, 15) is 18.0 Å². The highest BCUT2D eigenvalue weighted by molar-refractivity contribution is 6.21. The van der Waals surface area contributed by atoms with E-state index in [2.05, 4.69) is 10.3 Å². The average molecular weight is 323 g/mol. The molecule has 21 heavy (non-hydrogen) atoms. The first-order valence-corrected chi connectivity index (χ1v) is 6.88. The number of hydrogen-bond acceptors (Lipinski definition) is 2. The summed E-state index contributed by atoms with van der Waals surface area (Å²) in [6.07, 6.45) is -3.12. The molecular weight excluding hydrogens is 305 g/mol. The van der Waals surface area contributed by atoms with Crippen molar-refractivity contribution in [3.8, 4) is 0 Å². The quantitative estimate of drug-likeness (QED) is 0.855. The van der Waals surface area contributed by atoms with Gasteiger partial charge in [0.1, 0.15) is 5.69 Å². The minimum atomic E-state index is -4.46. The Kier molecular flexibility index (Phi) is 5.61. The van der Waals surface area contributed by atoms with Crippen LogP contribution >= 0.6 is 11.6 Å². The molecule has 3 nitrogen and oxygen atoms in total. The summed E-state index contributed by atoms with van der Waals surface area (Å²) in [5.41, 5.74) is -0.923. The Hall–Kier alpha value is -1.30. The van der Waals surface area contributed by atoms with Crippen molar-refractivity contribution in [3.63, 3.8) is 0 Å². The molecule has 1 amide bonds. The highest BCUT2D eigenvalue weighted by atomic mass is 35.5. The number of pyridine rings is 1. The van der Waals surface area contributed by atoms with Gasteiger partial charge in [0.05, 0.1) is 10.9 Å². The predicted octanol–water partition coefficient (Wildman–Crippen LogP) is 3.87. The van der Waals surface area contributed by atoms with Crippen LogP contribution in [0.25, 0.3) is 0 Å². The fraction of sp³-hybridized carbons (Fsp3) is 0.571. The molecule has 0 aliphatic heterocycles. The lowest BCUT2D eigenvalue weighted by Gasteiger charge is -2.21. The van der Waals surface area contributed by atoms with Crippen molar-refractivity contribution < 1.29 is 18.0 Å². The maximum Gasteiger partial charge on any atom is 0.417 e. The second-order valence-corrected chi connectivity index (χ2v) is 6.62. The third-order valence-corrected chi connectivity index (χ3v) is 2.95. The van der Waals surface area contributed by atoms with Crippen molar-refractivity contribution in [2.75, 3.05) is 6.54 Å². The van der Waals surface area contributed by atoms with Gasteiger partial charge in [-0.05, 0) is 24.0 Å². The SMILES string of the molecule is CC(C)(C)CC(Cl)CNC(=O)c1ccc(C(F)(F)F)cn1. The number of alkyl halides is 4. The summed E-state index contributed by atoms with van der Waals surface area (Å²) >= 11 is 6.10. The smallest absolute Gasteiger partial charge is 0.349 e. The average Bonchev–Trinajstić information content (AvgIpc) is 2.33. The minimum Gasteiger partial charge on any atom is -0.349 e. The number of aromatic nitrogens is 1. The van der Waals surface area contributed by atoms with E-state index in [1.807, 2.05) is 20.8 Å². The highest BCUT2D eigenvalue weighted by Crippen LogP contribution is 2.28. The second kappa shape index (κ2) is 6.64. The van der Waals surface area contributed by atoms with Gasteiger partial charge in [-0.1, -0.05) is 20.8 Å². The fourth-order valence-corrected chi connectivity index (χ4v) is 2.27. The van der Waals surface area contributed by atoms with E-state index in [0.717, 1.165) is 12.1 Å². The Morgan fingerprint density at radius 1 is 1.33 bits per heavy atom. The summed E-state index contributed by atoms with van der Waals surface area (Å²) in [6, 6.07) is 1.88. The van der Waals surface area contributed by atoms with E-state index < -0.39 is 17.6 Å². The van der Waals surface area contributed by atoms with Crippen molar-refractivity contribution in [1.82, 2.24) is 10.3 Å². The number of nitrogens with one attached hydrogen (secondary N) is 1. The van der Waals surface area contributed by atoms with Crippen LogP contribution in [-0.4, -0.2) is 22.8 Å². The first kappa shape index (κ1) is 17.8. The van der Waals surface area contributed by atoms with Gasteiger partial charge in [-0.3, -0.25) is 9.78 Å². The molecule has 0 aliphatic rings. The normalized spacial score (nSPS) is 13.9. The zero-order valence-electron chi connectivity index (χ0n) is 12.1. The maximum absolute atomic E-state index is 12.4. The van der Waals surface area contributed by atoms with Gasteiger partial charge in [0.2, 0.25) is 0 Å². The number of rotatable bonds is 4. The molecule has 1 rings (SSSR count). The Labute approximate surface area is 126 Å². The summed E-state index contributed by atoms with van der Waals surface area (Å²) in [5, 5.41) is 2.32. The Morgan fingerprint density at radius 3 is 2.38 bits per heavy atom. The third kappa shape index (κ3) is 6.33. The van der Waals surface area contributed by atoms with Gasteiger partial charge < -0.3 is 5.32 Å². The van der Waals surface area contributed by atoms with E-state index in [1.165, 1.54) is 0 Å². The number of hydrogen-bond donors (Lipinski definition) is 1. The summed E-state index contributed by atoms with van der Waals surface area (Å²) in [7, 11) is 0. The van der Waals surface area contributed by atoms with Crippen molar-refractivity contribution in [1.29, 1.82) is 0 Å². The Morgan fingerprint density at radius 2 is 1.95 bits per heavy atom. The van der Waals surface area contributed by atoms with E-state index in [0.29, 0.717) is 12.6 Å². The second-order valence-electron chi connectivity index (χ2n) is 6.00. The first-order valence-electron chi connectivity index (χ1n) is 6.44. The molecule has 0 fully saturated rings. The molecule has 1 aromatic rings. The van der Waals surface area contributed by atoms with Crippen LogP contribution in [0.2, 0.25) is 0 Å². The van der Waals surface area contributed by atoms with Gasteiger partial charge in [0, 0.05) is 12.7 Å². The van der Waals surface area contributed by atoms with Crippen molar-refractivity contribution in [2.24, 2.45) is 5.41 Å². The van der Waals surface area contributed by atoms with Gasteiger partial charge in [-0.25, -0.2) is 0 Å². The molecule has 0 spiro atoms. The van der Waals surface area contributed by atoms with Crippen molar-refractivity contribution in [2.45, 2.75) is 38.7 Å². The number of halogens is 4. The number of amides is 1. The molecular formula is C14H18ClF3N2O. The number of carbonyl (C=O) groups excluding carboxylic acids is 1. The van der Waals surface area contributed by atoms with Gasteiger partial charge in [0.15, 0.2) is 0 Å². The van der Waals surface area contributed by atoms with Gasteiger partial charge in [0.25, 0.3) is 5.91 Å². The molecule has 0 saturated carbocycles. The fourth-order valence-electron chi connectivity index (χ4n) is 1.73.